The molecule has 4 nitrogen and oxygen atoms in total. The second-order valence-electron chi connectivity index (χ2n) is 23.6. The summed E-state index contributed by atoms with van der Waals surface area (Å²) in [5.41, 5.74) is 14.9. The summed E-state index contributed by atoms with van der Waals surface area (Å²) in [4.78, 5) is 10.7. The quantitative estimate of drug-likeness (QED) is 0.147. The van der Waals surface area contributed by atoms with E-state index in [2.05, 4.69) is 207 Å². The Labute approximate surface area is 407 Å². The first-order valence-corrected chi connectivity index (χ1v) is 34.7. The summed E-state index contributed by atoms with van der Waals surface area (Å²) in [7, 11) is -1.73. The van der Waals surface area contributed by atoms with Gasteiger partial charge in [0.2, 0.25) is 0 Å². The van der Waals surface area contributed by atoms with Crippen molar-refractivity contribution in [1.29, 1.82) is 0 Å². The van der Waals surface area contributed by atoms with Crippen molar-refractivity contribution in [2.45, 2.75) is 121 Å². The molecule has 6 aromatic carbocycles. The van der Waals surface area contributed by atoms with Crippen molar-refractivity contribution in [2.24, 2.45) is 0 Å². The van der Waals surface area contributed by atoms with Gasteiger partial charge in [-0.05, 0) is 40.2 Å². The molecule has 0 aliphatic carbocycles. The maximum absolute atomic E-state index is 12.6. The Kier molecular flexibility index (Phi) is 11.9. The third kappa shape index (κ3) is 10.2. The number of pyridine rings is 1. The summed E-state index contributed by atoms with van der Waals surface area (Å²) in [6.45, 7) is 27.1. The minimum absolute atomic E-state index is 0.182. The molecule has 0 unspecified atom stereocenters. The zero-order valence-corrected chi connectivity index (χ0v) is 45.7. The van der Waals surface area contributed by atoms with Crippen molar-refractivity contribution in [2.75, 3.05) is 0 Å². The Morgan fingerprint density at radius 1 is 0.582 bits per heavy atom. The number of phenols is 1. The van der Waals surface area contributed by atoms with E-state index >= 15 is 0 Å². The van der Waals surface area contributed by atoms with Crippen LogP contribution in [0.3, 0.4) is 0 Å². The molecule has 67 heavy (non-hydrogen) atoms. The number of imidazole rings is 1. The van der Waals surface area contributed by atoms with E-state index in [0.29, 0.717) is 11.4 Å². The van der Waals surface area contributed by atoms with Crippen molar-refractivity contribution in [3.8, 4) is 67.5 Å². The number of hydrogen-bond acceptors (Lipinski definition) is 3. The number of para-hydroxylation sites is 1. The molecule has 0 amide bonds. The normalized spacial score (nSPS) is 13.5. The van der Waals surface area contributed by atoms with E-state index < -0.39 is 26.5 Å². The number of phenolic OH excluding ortho intramolecular Hbond substituents is 1. The predicted molar refractivity (Wildman–Crippen MR) is 294 cm³/mol. The SMILES string of the molecule is [2H][C]([2H])(c1ccc(-c2ccnc(-c3cc(-c4cccc5c4nc(-c4cc(C(C)(C)C)cc(C(C)(C)C)c4O)n5-c4ccc([Si](C)(C)C)cc4-c4ccccc4)cc(C(C)(C)C)c3)c2)cc1)[Ge]([CH3])([CH3])[CH3]. The van der Waals surface area contributed by atoms with Gasteiger partial charge in [-0.1, -0.05) is 148 Å². The van der Waals surface area contributed by atoms with Gasteiger partial charge in [0, 0.05) is 11.1 Å². The monoisotopic (exact) mass is 965 g/mol. The van der Waals surface area contributed by atoms with E-state index in [1.54, 1.807) is 0 Å². The second-order valence-corrected chi connectivity index (χ2v) is 38.7. The summed E-state index contributed by atoms with van der Waals surface area (Å²) in [5.74, 6) is 7.32. The number of hydrogen-bond donors (Lipinski definition) is 1. The minimum atomic E-state index is -2.68. The van der Waals surface area contributed by atoms with E-state index in [1.807, 2.05) is 36.5 Å². The van der Waals surface area contributed by atoms with Crippen molar-refractivity contribution in [3.05, 3.63) is 162 Å². The molecule has 0 aliphatic heterocycles. The Morgan fingerprint density at radius 2 is 1.24 bits per heavy atom. The van der Waals surface area contributed by atoms with E-state index in [-0.39, 0.29) is 22.0 Å². The van der Waals surface area contributed by atoms with Gasteiger partial charge < -0.3 is 5.11 Å². The van der Waals surface area contributed by atoms with Crippen molar-refractivity contribution in [3.63, 3.8) is 0 Å². The van der Waals surface area contributed by atoms with Crippen LogP contribution in [0.5, 0.6) is 5.75 Å². The van der Waals surface area contributed by atoms with Crippen molar-refractivity contribution >= 4 is 37.6 Å². The van der Waals surface area contributed by atoms with Crippen molar-refractivity contribution in [1.82, 2.24) is 14.5 Å². The molecule has 2 aromatic heterocycles. The number of aromatic nitrogens is 3. The van der Waals surface area contributed by atoms with Crippen molar-refractivity contribution < 1.29 is 7.85 Å². The van der Waals surface area contributed by atoms with Gasteiger partial charge in [0.1, 0.15) is 11.6 Å². The zero-order chi connectivity index (χ0) is 50.2. The average Bonchev–Trinajstić information content (AvgIpc) is 3.67. The average molecular weight is 965 g/mol. The van der Waals surface area contributed by atoms with Gasteiger partial charge >= 0.3 is 154 Å². The third-order valence-corrected chi connectivity index (χ3v) is 17.0. The summed E-state index contributed by atoms with van der Waals surface area (Å²) in [5, 5.41) is 12.7. The number of benzene rings is 6. The number of nitrogens with zero attached hydrogens (tertiary/aromatic N) is 3. The van der Waals surface area contributed by atoms with Crippen LogP contribution in [-0.2, 0) is 21.5 Å². The van der Waals surface area contributed by atoms with Gasteiger partial charge in [-0.15, -0.1) is 0 Å². The molecule has 8 aromatic rings. The summed E-state index contributed by atoms with van der Waals surface area (Å²) in [6.07, 6.45) is 1.88. The molecule has 0 saturated heterocycles. The van der Waals surface area contributed by atoms with Gasteiger partial charge in [0.25, 0.3) is 0 Å². The molecule has 2 heterocycles. The van der Waals surface area contributed by atoms with E-state index in [0.717, 1.165) is 78.0 Å². The summed E-state index contributed by atoms with van der Waals surface area (Å²) < 4.78 is 20.1. The van der Waals surface area contributed by atoms with Gasteiger partial charge in [-0.25, -0.2) is 4.98 Å². The molecule has 0 atom stereocenters. The van der Waals surface area contributed by atoms with Crippen LogP contribution in [0.15, 0.2) is 140 Å². The molecule has 0 bridgehead atoms. The number of rotatable bonds is 9. The van der Waals surface area contributed by atoms with E-state index in [9.17, 15) is 5.11 Å². The van der Waals surface area contributed by atoms with Gasteiger partial charge in [0.15, 0.2) is 0 Å². The van der Waals surface area contributed by atoms with Gasteiger partial charge in [-0.3, -0.25) is 4.57 Å². The number of fused-ring (bicyclic) bond motifs is 1. The third-order valence-electron chi connectivity index (χ3n) is 12.8. The van der Waals surface area contributed by atoms with Crippen LogP contribution >= 0.6 is 0 Å². The fourth-order valence-electron chi connectivity index (χ4n) is 8.92. The molecule has 0 saturated carbocycles. The molecule has 6 heteroatoms. The standard InChI is InChI=1S/C61H71GeN3OSi/c1-59(2,3)46-33-44(32-45(34-46)53-35-43(30-31-63-53)41-26-24-40(25-27-41)39-62(10,11)12)49-22-19-23-55-56(49)64-58(51-36-47(60(4,5)6)37-52(57(51)66)61(7,8)9)65(55)54-29-28-48(67(13,14)15)38-50(54)42-20-17-16-18-21-42/h16-38,66H,39H2,1-15H3/i39D2. The van der Waals surface area contributed by atoms with E-state index in [1.165, 1.54) is 10.8 Å². The van der Waals surface area contributed by atoms with Crippen LogP contribution in [0.2, 0.25) is 36.9 Å². The fourth-order valence-corrected chi connectivity index (χ4v) is 12.3. The van der Waals surface area contributed by atoms with Crippen LogP contribution < -0.4 is 5.19 Å². The molecule has 0 fully saturated rings. The van der Waals surface area contributed by atoms with Crippen LogP contribution in [-0.4, -0.2) is 41.0 Å². The zero-order valence-electron chi connectivity index (χ0n) is 44.6. The topological polar surface area (TPSA) is 50.9 Å². The first kappa shape index (κ1) is 45.3. The second kappa shape index (κ2) is 17.5. The van der Waals surface area contributed by atoms with Crippen LogP contribution in [0, 0.1) is 0 Å². The molecule has 344 valence electrons. The molecular weight excluding hydrogens is 891 g/mol. The van der Waals surface area contributed by atoms with Gasteiger partial charge in [0.05, 0.1) is 30.4 Å². The van der Waals surface area contributed by atoms with Gasteiger partial charge in [-0.2, -0.15) is 0 Å². The molecule has 1 N–H and O–H groups in total. The Hall–Kier alpha value is -5.50. The first-order valence-electron chi connectivity index (χ1n) is 24.9. The summed E-state index contributed by atoms with van der Waals surface area (Å²) >= 11 is -2.68. The summed E-state index contributed by atoms with van der Waals surface area (Å²) in [6, 6.07) is 47.5. The first-order chi connectivity index (χ1) is 32.0. The predicted octanol–water partition coefficient (Wildman–Crippen LogP) is 16.3. The molecule has 0 aliphatic rings. The molecule has 8 rings (SSSR count). The fraction of sp³-hybridized carbons (Fsp3) is 0.311. The van der Waals surface area contributed by atoms with Crippen LogP contribution in [0.25, 0.3) is 72.7 Å². The Morgan fingerprint density at radius 3 is 1.87 bits per heavy atom. The molecule has 0 spiro atoms. The van der Waals surface area contributed by atoms with E-state index in [4.69, 9.17) is 12.7 Å². The Balaban J connectivity index is 1.40. The van der Waals surface area contributed by atoms with Crippen LogP contribution in [0.4, 0.5) is 0 Å². The molecular formula is C61H71GeN3OSi. The van der Waals surface area contributed by atoms with Crippen LogP contribution in [0.1, 0.15) is 87.3 Å². The molecule has 0 radical (unpaired) electrons. The number of aromatic hydroxyl groups is 1. The Bertz CT molecular complexity index is 3210. The maximum atomic E-state index is 12.6.